The highest BCUT2D eigenvalue weighted by Crippen LogP contribution is 2.27. The van der Waals surface area contributed by atoms with Gasteiger partial charge >= 0.3 is 0 Å². The van der Waals surface area contributed by atoms with Gasteiger partial charge in [-0.15, -0.1) is 0 Å². The molecular formula is C23H18O2. The van der Waals surface area contributed by atoms with Crippen molar-refractivity contribution in [1.29, 1.82) is 0 Å². The summed E-state index contributed by atoms with van der Waals surface area (Å²) in [6.45, 7) is 0.551. The van der Waals surface area contributed by atoms with Crippen LogP contribution in [0.25, 0.3) is 6.08 Å². The smallest absolute Gasteiger partial charge is 0.189 e. The van der Waals surface area contributed by atoms with Gasteiger partial charge in [0.25, 0.3) is 0 Å². The van der Waals surface area contributed by atoms with Crippen LogP contribution in [0.1, 0.15) is 27.0 Å². The van der Waals surface area contributed by atoms with E-state index in [9.17, 15) is 4.79 Å². The molecule has 3 aromatic carbocycles. The van der Waals surface area contributed by atoms with E-state index in [1.54, 1.807) is 0 Å². The van der Waals surface area contributed by atoms with Crippen molar-refractivity contribution in [3.63, 3.8) is 0 Å². The molecule has 0 atom stereocenters. The highest BCUT2D eigenvalue weighted by Gasteiger charge is 2.23. The third-order valence-electron chi connectivity index (χ3n) is 4.40. The summed E-state index contributed by atoms with van der Waals surface area (Å²) >= 11 is 0. The van der Waals surface area contributed by atoms with Gasteiger partial charge in [-0.2, -0.15) is 0 Å². The topological polar surface area (TPSA) is 26.3 Å². The van der Waals surface area contributed by atoms with E-state index in [1.807, 2.05) is 84.9 Å². The van der Waals surface area contributed by atoms with Gasteiger partial charge in [-0.1, -0.05) is 66.7 Å². The molecule has 2 heteroatoms. The summed E-state index contributed by atoms with van der Waals surface area (Å²) < 4.78 is 5.80. The van der Waals surface area contributed by atoms with Crippen LogP contribution in [0.5, 0.6) is 5.75 Å². The molecule has 0 heterocycles. The number of ketones is 1. The van der Waals surface area contributed by atoms with Crippen molar-refractivity contribution in [1.82, 2.24) is 0 Å². The number of carbonyl (C=O) groups excluding carboxylic acids is 1. The van der Waals surface area contributed by atoms with Gasteiger partial charge in [0.15, 0.2) is 5.78 Å². The van der Waals surface area contributed by atoms with Gasteiger partial charge in [-0.05, 0) is 34.9 Å². The van der Waals surface area contributed by atoms with Crippen LogP contribution in [0.15, 0.2) is 84.4 Å². The molecule has 0 fully saturated rings. The highest BCUT2D eigenvalue weighted by molar-refractivity contribution is 6.15. The van der Waals surface area contributed by atoms with Crippen molar-refractivity contribution < 1.29 is 9.53 Å². The average molecular weight is 326 g/mol. The van der Waals surface area contributed by atoms with Crippen LogP contribution >= 0.6 is 0 Å². The first kappa shape index (κ1) is 15.4. The molecule has 0 unspecified atom stereocenters. The zero-order chi connectivity index (χ0) is 17.1. The first-order chi connectivity index (χ1) is 12.3. The van der Waals surface area contributed by atoms with Crippen LogP contribution in [0.2, 0.25) is 0 Å². The summed E-state index contributed by atoms with van der Waals surface area (Å²) in [5.41, 5.74) is 4.95. The van der Waals surface area contributed by atoms with Crippen molar-refractivity contribution in [2.75, 3.05) is 0 Å². The monoisotopic (exact) mass is 326 g/mol. The van der Waals surface area contributed by atoms with E-state index in [0.29, 0.717) is 13.0 Å². The molecule has 0 aliphatic heterocycles. The van der Waals surface area contributed by atoms with E-state index in [4.69, 9.17) is 4.74 Å². The van der Waals surface area contributed by atoms with E-state index >= 15 is 0 Å². The van der Waals surface area contributed by atoms with Crippen LogP contribution in [0.3, 0.4) is 0 Å². The molecule has 4 rings (SSSR count). The molecule has 0 aromatic heterocycles. The lowest BCUT2D eigenvalue weighted by atomic mass is 10.1. The molecule has 0 N–H and O–H groups in total. The van der Waals surface area contributed by atoms with Crippen molar-refractivity contribution in [2.45, 2.75) is 13.0 Å². The fraction of sp³-hybridized carbons (Fsp3) is 0.0870. The van der Waals surface area contributed by atoms with Gasteiger partial charge in [0.05, 0.1) is 0 Å². The fourth-order valence-electron chi connectivity index (χ4n) is 3.07. The van der Waals surface area contributed by atoms with Crippen molar-refractivity contribution in [3.05, 3.63) is 107 Å². The lowest BCUT2D eigenvalue weighted by Crippen LogP contribution is -1.96. The molecule has 0 radical (unpaired) electrons. The lowest BCUT2D eigenvalue weighted by molar-refractivity contribution is 0.104. The summed E-state index contributed by atoms with van der Waals surface area (Å²) in [5, 5.41) is 0. The second-order valence-corrected chi connectivity index (χ2v) is 6.18. The number of carbonyl (C=O) groups is 1. The zero-order valence-corrected chi connectivity index (χ0v) is 13.8. The minimum absolute atomic E-state index is 0.139. The highest BCUT2D eigenvalue weighted by atomic mass is 16.5. The Morgan fingerprint density at radius 3 is 2.32 bits per heavy atom. The Bertz CT molecular complexity index is 922. The third-order valence-corrected chi connectivity index (χ3v) is 4.40. The number of rotatable bonds is 4. The molecular weight excluding hydrogens is 308 g/mol. The zero-order valence-electron chi connectivity index (χ0n) is 13.8. The lowest BCUT2D eigenvalue weighted by Gasteiger charge is -2.06. The average Bonchev–Trinajstić information content (AvgIpc) is 2.98. The molecule has 1 aliphatic rings. The molecule has 3 aromatic rings. The Labute approximate surface area is 147 Å². The second kappa shape index (κ2) is 6.78. The molecule has 2 nitrogen and oxygen atoms in total. The predicted molar refractivity (Wildman–Crippen MR) is 99.7 cm³/mol. The number of allylic oxidation sites excluding steroid dienone is 1. The Morgan fingerprint density at radius 1 is 0.840 bits per heavy atom. The molecule has 0 saturated heterocycles. The third kappa shape index (κ3) is 3.38. The fourth-order valence-corrected chi connectivity index (χ4v) is 3.07. The largest absolute Gasteiger partial charge is 0.489 e. The summed E-state index contributed by atoms with van der Waals surface area (Å²) in [5.74, 6) is 0.965. The second-order valence-electron chi connectivity index (χ2n) is 6.18. The maximum absolute atomic E-state index is 12.4. The standard InChI is InChI=1S/C23H18O2/c24-23-20(15-19-8-4-5-9-22(19)23)14-17-10-12-21(13-11-17)25-16-18-6-2-1-3-7-18/h1-14H,15-16H2/b20-14+. The van der Waals surface area contributed by atoms with Gasteiger partial charge in [0.1, 0.15) is 12.4 Å². The number of hydrogen-bond acceptors (Lipinski definition) is 2. The van der Waals surface area contributed by atoms with Crippen molar-refractivity contribution in [3.8, 4) is 5.75 Å². The predicted octanol–water partition coefficient (Wildman–Crippen LogP) is 5.09. The minimum Gasteiger partial charge on any atom is -0.489 e. The van der Waals surface area contributed by atoms with Gasteiger partial charge in [-0.25, -0.2) is 0 Å². The van der Waals surface area contributed by atoms with Gasteiger partial charge < -0.3 is 4.74 Å². The number of benzene rings is 3. The number of fused-ring (bicyclic) bond motifs is 1. The molecule has 122 valence electrons. The van der Waals surface area contributed by atoms with Gasteiger partial charge in [-0.3, -0.25) is 4.79 Å². The number of hydrogen-bond donors (Lipinski definition) is 0. The summed E-state index contributed by atoms with van der Waals surface area (Å²) in [6.07, 6.45) is 2.69. The molecule has 0 saturated carbocycles. The van der Waals surface area contributed by atoms with Crippen LogP contribution < -0.4 is 4.74 Å². The molecule has 0 bridgehead atoms. The molecule has 0 amide bonds. The van der Waals surface area contributed by atoms with Crippen molar-refractivity contribution >= 4 is 11.9 Å². The molecule has 25 heavy (non-hydrogen) atoms. The van der Waals surface area contributed by atoms with E-state index < -0.39 is 0 Å². The first-order valence-electron chi connectivity index (χ1n) is 8.39. The van der Waals surface area contributed by atoms with Crippen molar-refractivity contribution in [2.24, 2.45) is 0 Å². The Balaban J connectivity index is 1.45. The summed E-state index contributed by atoms with van der Waals surface area (Å²) in [6, 6.07) is 25.8. The first-order valence-corrected chi connectivity index (χ1v) is 8.39. The maximum atomic E-state index is 12.4. The Kier molecular flexibility index (Phi) is 4.17. The maximum Gasteiger partial charge on any atom is 0.189 e. The van der Waals surface area contributed by atoms with Crippen LogP contribution in [-0.4, -0.2) is 5.78 Å². The summed E-state index contributed by atoms with van der Waals surface area (Å²) in [7, 11) is 0. The van der Waals surface area contributed by atoms with E-state index in [0.717, 1.165) is 33.6 Å². The Hall–Kier alpha value is -3.13. The molecule has 1 aliphatic carbocycles. The minimum atomic E-state index is 0.139. The number of ether oxygens (including phenoxy) is 1. The Morgan fingerprint density at radius 2 is 1.56 bits per heavy atom. The normalized spacial score (nSPS) is 14.6. The van der Waals surface area contributed by atoms with E-state index in [1.165, 1.54) is 0 Å². The molecule has 0 spiro atoms. The summed E-state index contributed by atoms with van der Waals surface area (Å²) in [4.78, 5) is 12.4. The number of Topliss-reactive ketones (excluding diaryl/α,β-unsaturated/α-hetero) is 1. The quantitative estimate of drug-likeness (QED) is 0.624. The van der Waals surface area contributed by atoms with E-state index in [-0.39, 0.29) is 5.78 Å². The van der Waals surface area contributed by atoms with Gasteiger partial charge in [0.2, 0.25) is 0 Å². The van der Waals surface area contributed by atoms with Gasteiger partial charge in [0, 0.05) is 17.6 Å². The van der Waals surface area contributed by atoms with Crippen LogP contribution in [0, 0.1) is 0 Å². The van der Waals surface area contributed by atoms with Crippen LogP contribution in [-0.2, 0) is 13.0 Å². The van der Waals surface area contributed by atoms with E-state index in [2.05, 4.69) is 0 Å². The SMILES string of the molecule is O=C1/C(=C/c2ccc(OCc3ccccc3)cc2)Cc2ccccc21. The van der Waals surface area contributed by atoms with Crippen LogP contribution in [0.4, 0.5) is 0 Å².